The lowest BCUT2D eigenvalue weighted by Crippen LogP contribution is -2.17. The number of pyridine rings is 1. The van der Waals surface area contributed by atoms with Gasteiger partial charge in [-0.3, -0.25) is 10.1 Å². The first-order valence-electron chi connectivity index (χ1n) is 6.21. The second-order valence-electron chi connectivity index (χ2n) is 4.38. The van der Waals surface area contributed by atoms with Crippen LogP contribution in [0.25, 0.3) is 10.9 Å². The number of hydrogen-bond donors (Lipinski definition) is 3. The largest absolute Gasteiger partial charge is 0.308 e. The molecule has 0 aliphatic rings. The summed E-state index contributed by atoms with van der Waals surface area (Å²) in [5, 5.41) is 7.34. The molecule has 0 aliphatic heterocycles. The summed E-state index contributed by atoms with van der Waals surface area (Å²) >= 11 is 0. The van der Waals surface area contributed by atoms with Crippen molar-refractivity contribution in [3.05, 3.63) is 42.2 Å². The highest BCUT2D eigenvalue weighted by atomic mass is 16.1. The predicted octanol–water partition coefficient (Wildman–Crippen LogP) is 0.901. The topological polar surface area (TPSA) is 111 Å². The Bertz CT molecular complexity index is 811. The third kappa shape index (κ3) is 2.39. The number of nitrogens with two attached hydrogens (primary N) is 1. The molecule has 106 valence electrons. The molecule has 2 aromatic heterocycles. The number of nitrogens with one attached hydrogen (secondary N) is 2. The Hall–Kier alpha value is -3.00. The number of amides is 1. The molecule has 3 aromatic rings. The van der Waals surface area contributed by atoms with Crippen molar-refractivity contribution in [1.29, 1.82) is 0 Å². The molecular weight excluding hydrogens is 270 g/mol. The standard InChI is InChI=1S/C13H13N7O/c1-20-13(15-7-16-20)18-12(21)9-6-11(19-14)17-10-5-3-2-4-8(9)10/h2-7H,14H2,1H3,(H,17,19)(H,15,16,18,21). The molecule has 1 aromatic carbocycles. The second kappa shape index (κ2) is 5.17. The number of carbonyl (C=O) groups excluding carboxylic acids is 1. The summed E-state index contributed by atoms with van der Waals surface area (Å²) in [7, 11) is 1.69. The van der Waals surface area contributed by atoms with Crippen LogP contribution in [0.2, 0.25) is 0 Å². The summed E-state index contributed by atoms with van der Waals surface area (Å²) in [6, 6.07) is 8.93. The first-order valence-corrected chi connectivity index (χ1v) is 6.21. The monoisotopic (exact) mass is 283 g/mol. The van der Waals surface area contributed by atoms with E-state index in [9.17, 15) is 4.79 Å². The van der Waals surface area contributed by atoms with Gasteiger partial charge >= 0.3 is 0 Å². The minimum Gasteiger partial charge on any atom is -0.308 e. The van der Waals surface area contributed by atoms with E-state index in [1.54, 1.807) is 13.1 Å². The second-order valence-corrected chi connectivity index (χ2v) is 4.38. The molecule has 8 heteroatoms. The smallest absolute Gasteiger partial charge is 0.258 e. The minimum absolute atomic E-state index is 0.304. The molecule has 1 amide bonds. The van der Waals surface area contributed by atoms with Crippen LogP contribution >= 0.6 is 0 Å². The molecule has 3 rings (SSSR count). The molecule has 0 atom stereocenters. The van der Waals surface area contributed by atoms with E-state index in [1.165, 1.54) is 11.0 Å². The van der Waals surface area contributed by atoms with Crippen molar-refractivity contribution in [2.45, 2.75) is 0 Å². The molecule has 8 nitrogen and oxygen atoms in total. The van der Waals surface area contributed by atoms with Crippen molar-refractivity contribution >= 4 is 28.6 Å². The minimum atomic E-state index is -0.304. The van der Waals surface area contributed by atoms with Gasteiger partial charge < -0.3 is 5.43 Å². The molecule has 0 unspecified atom stereocenters. The Kier molecular flexibility index (Phi) is 3.20. The average molecular weight is 283 g/mol. The van der Waals surface area contributed by atoms with Crippen LogP contribution in [-0.4, -0.2) is 25.7 Å². The van der Waals surface area contributed by atoms with Crippen LogP contribution in [0.4, 0.5) is 11.8 Å². The summed E-state index contributed by atoms with van der Waals surface area (Å²) in [6.45, 7) is 0. The number of aryl methyl sites for hydroxylation is 1. The molecule has 2 heterocycles. The van der Waals surface area contributed by atoms with E-state index in [0.29, 0.717) is 22.8 Å². The van der Waals surface area contributed by atoms with E-state index < -0.39 is 0 Å². The van der Waals surface area contributed by atoms with Crippen LogP contribution in [0.3, 0.4) is 0 Å². The lowest BCUT2D eigenvalue weighted by atomic mass is 10.1. The number of aromatic nitrogens is 4. The van der Waals surface area contributed by atoms with Gasteiger partial charge in [0.2, 0.25) is 5.95 Å². The average Bonchev–Trinajstić information content (AvgIpc) is 2.91. The van der Waals surface area contributed by atoms with Crippen molar-refractivity contribution in [1.82, 2.24) is 19.7 Å². The van der Waals surface area contributed by atoms with E-state index in [-0.39, 0.29) is 5.91 Å². The number of carbonyl (C=O) groups is 1. The van der Waals surface area contributed by atoms with Crippen LogP contribution < -0.4 is 16.6 Å². The molecule has 0 aliphatic carbocycles. The normalized spacial score (nSPS) is 10.6. The molecule has 0 bridgehead atoms. The zero-order valence-electron chi connectivity index (χ0n) is 11.2. The number of rotatable bonds is 3. The fraction of sp³-hybridized carbons (Fsp3) is 0.0769. The third-order valence-electron chi connectivity index (χ3n) is 3.05. The summed E-state index contributed by atoms with van der Waals surface area (Å²) in [6.07, 6.45) is 1.37. The SMILES string of the molecule is Cn1ncnc1NC(=O)c1cc(NN)nc2ccccc12. The Labute approximate surface area is 120 Å². The Morgan fingerprint density at radius 3 is 2.86 bits per heavy atom. The molecule has 0 spiro atoms. The summed E-state index contributed by atoms with van der Waals surface area (Å²) < 4.78 is 1.48. The number of nitrogens with zero attached hydrogens (tertiary/aromatic N) is 4. The van der Waals surface area contributed by atoms with Crippen LogP contribution in [-0.2, 0) is 7.05 Å². The van der Waals surface area contributed by atoms with E-state index in [4.69, 9.17) is 5.84 Å². The van der Waals surface area contributed by atoms with Crippen molar-refractivity contribution in [2.24, 2.45) is 12.9 Å². The van der Waals surface area contributed by atoms with Crippen LogP contribution in [0, 0.1) is 0 Å². The number of para-hydroxylation sites is 1. The van der Waals surface area contributed by atoms with Crippen LogP contribution in [0.5, 0.6) is 0 Å². The highest BCUT2D eigenvalue weighted by molar-refractivity contribution is 6.12. The molecular formula is C13H13N7O. The maximum absolute atomic E-state index is 12.5. The lowest BCUT2D eigenvalue weighted by molar-refractivity contribution is 0.102. The van der Waals surface area contributed by atoms with E-state index in [0.717, 1.165) is 5.39 Å². The fourth-order valence-corrected chi connectivity index (χ4v) is 2.02. The Morgan fingerprint density at radius 1 is 1.33 bits per heavy atom. The predicted molar refractivity (Wildman–Crippen MR) is 78.5 cm³/mol. The molecule has 0 radical (unpaired) electrons. The molecule has 4 N–H and O–H groups in total. The summed E-state index contributed by atoms with van der Waals surface area (Å²) in [5.74, 6) is 5.87. The maximum atomic E-state index is 12.5. The Balaban J connectivity index is 2.06. The van der Waals surface area contributed by atoms with Gasteiger partial charge in [-0.1, -0.05) is 18.2 Å². The van der Waals surface area contributed by atoms with E-state index in [2.05, 4.69) is 25.8 Å². The van der Waals surface area contributed by atoms with Crippen molar-refractivity contribution in [2.75, 3.05) is 10.7 Å². The molecule has 0 saturated carbocycles. The third-order valence-corrected chi connectivity index (χ3v) is 3.05. The first kappa shape index (κ1) is 13.0. The summed E-state index contributed by atoms with van der Waals surface area (Å²) in [5.41, 5.74) is 3.59. The molecule has 21 heavy (non-hydrogen) atoms. The highest BCUT2D eigenvalue weighted by Gasteiger charge is 2.14. The number of hydrogen-bond acceptors (Lipinski definition) is 6. The van der Waals surface area contributed by atoms with Crippen molar-refractivity contribution < 1.29 is 4.79 Å². The summed E-state index contributed by atoms with van der Waals surface area (Å²) in [4.78, 5) is 20.7. The van der Waals surface area contributed by atoms with Gasteiger partial charge in [0.15, 0.2) is 0 Å². The van der Waals surface area contributed by atoms with Gasteiger partial charge in [-0.25, -0.2) is 15.5 Å². The maximum Gasteiger partial charge on any atom is 0.258 e. The number of fused-ring (bicyclic) bond motifs is 1. The van der Waals surface area contributed by atoms with Gasteiger partial charge in [-0.05, 0) is 12.1 Å². The fourth-order valence-electron chi connectivity index (χ4n) is 2.02. The van der Waals surface area contributed by atoms with Gasteiger partial charge in [0.1, 0.15) is 12.1 Å². The van der Waals surface area contributed by atoms with Gasteiger partial charge in [0.25, 0.3) is 5.91 Å². The highest BCUT2D eigenvalue weighted by Crippen LogP contribution is 2.21. The first-order chi connectivity index (χ1) is 10.2. The van der Waals surface area contributed by atoms with E-state index >= 15 is 0 Å². The van der Waals surface area contributed by atoms with Gasteiger partial charge in [0, 0.05) is 12.4 Å². The number of benzene rings is 1. The quantitative estimate of drug-likeness (QED) is 0.486. The molecule has 0 fully saturated rings. The van der Waals surface area contributed by atoms with Crippen LogP contribution in [0.15, 0.2) is 36.7 Å². The molecule has 0 saturated heterocycles. The number of anilines is 2. The van der Waals surface area contributed by atoms with Crippen molar-refractivity contribution in [3.8, 4) is 0 Å². The van der Waals surface area contributed by atoms with Gasteiger partial charge in [0.05, 0.1) is 11.1 Å². The lowest BCUT2D eigenvalue weighted by Gasteiger charge is -2.09. The number of nitrogen functional groups attached to an aromatic ring is 1. The zero-order chi connectivity index (χ0) is 14.8. The van der Waals surface area contributed by atoms with Gasteiger partial charge in [-0.15, -0.1) is 0 Å². The van der Waals surface area contributed by atoms with E-state index in [1.807, 2.05) is 24.3 Å². The number of hydrazine groups is 1. The van der Waals surface area contributed by atoms with Gasteiger partial charge in [-0.2, -0.15) is 10.1 Å². The Morgan fingerprint density at radius 2 is 2.14 bits per heavy atom. The van der Waals surface area contributed by atoms with Crippen molar-refractivity contribution in [3.63, 3.8) is 0 Å². The van der Waals surface area contributed by atoms with Crippen LogP contribution in [0.1, 0.15) is 10.4 Å². The zero-order valence-corrected chi connectivity index (χ0v) is 11.2.